The van der Waals surface area contributed by atoms with Crippen LogP contribution in [-0.4, -0.2) is 20.2 Å². The van der Waals surface area contributed by atoms with Gasteiger partial charge in [0.2, 0.25) is 11.7 Å². The lowest BCUT2D eigenvalue weighted by atomic mass is 9.88. The van der Waals surface area contributed by atoms with Crippen molar-refractivity contribution in [3.63, 3.8) is 0 Å². The predicted molar refractivity (Wildman–Crippen MR) is 108 cm³/mol. The summed E-state index contributed by atoms with van der Waals surface area (Å²) in [5.41, 5.74) is 4.15. The number of hydrogen-bond acceptors (Lipinski definition) is 6. The zero-order valence-corrected chi connectivity index (χ0v) is 16.3. The van der Waals surface area contributed by atoms with Gasteiger partial charge >= 0.3 is 0 Å². The zero-order valence-electron chi connectivity index (χ0n) is 16.3. The molecule has 29 heavy (non-hydrogen) atoms. The number of ether oxygens (including phenoxy) is 1. The highest BCUT2D eigenvalue weighted by atomic mass is 16.5. The third-order valence-electron chi connectivity index (χ3n) is 5.34. The second-order valence-electron chi connectivity index (χ2n) is 7.44. The molecule has 0 bridgehead atoms. The molecule has 2 aromatic heterocycles. The van der Waals surface area contributed by atoms with E-state index in [1.54, 1.807) is 19.3 Å². The Morgan fingerprint density at radius 3 is 1.97 bits per heavy atom. The van der Waals surface area contributed by atoms with Crippen LogP contribution in [0, 0.1) is 13.8 Å². The quantitative estimate of drug-likeness (QED) is 0.481. The molecule has 0 spiro atoms. The Bertz CT molecular complexity index is 1130. The Morgan fingerprint density at radius 1 is 0.793 bits per heavy atom. The lowest BCUT2D eigenvalue weighted by molar-refractivity contribution is 0.476. The van der Waals surface area contributed by atoms with Crippen molar-refractivity contribution in [2.45, 2.75) is 32.1 Å². The summed E-state index contributed by atoms with van der Waals surface area (Å²) in [6.07, 6.45) is 5.57. The largest absolute Gasteiger partial charge is 0.454 e. The fourth-order valence-corrected chi connectivity index (χ4v) is 3.59. The van der Waals surface area contributed by atoms with Gasteiger partial charge in [0.15, 0.2) is 5.75 Å². The molecule has 4 aromatic rings. The molecule has 5 rings (SSSR count). The van der Waals surface area contributed by atoms with E-state index >= 15 is 0 Å². The van der Waals surface area contributed by atoms with Crippen molar-refractivity contribution in [2.24, 2.45) is 0 Å². The zero-order chi connectivity index (χ0) is 19.8. The minimum Gasteiger partial charge on any atom is -0.454 e. The molecule has 0 radical (unpaired) electrons. The van der Waals surface area contributed by atoms with Crippen molar-refractivity contribution < 1.29 is 9.15 Å². The van der Waals surface area contributed by atoms with Crippen molar-refractivity contribution >= 4 is 0 Å². The third-order valence-corrected chi connectivity index (χ3v) is 5.34. The van der Waals surface area contributed by atoms with E-state index in [0.29, 0.717) is 23.4 Å². The number of aromatic nitrogens is 4. The molecule has 0 unspecified atom stereocenters. The second-order valence-corrected chi connectivity index (χ2v) is 7.44. The van der Waals surface area contributed by atoms with Gasteiger partial charge in [0.25, 0.3) is 5.89 Å². The Balaban J connectivity index is 1.31. The fraction of sp³-hybridized carbons (Fsp3) is 0.217. The number of nitrogens with zero attached hydrogens (tertiary/aromatic N) is 4. The van der Waals surface area contributed by atoms with E-state index in [2.05, 4.69) is 63.5 Å². The van der Waals surface area contributed by atoms with Crippen LogP contribution in [0.15, 0.2) is 65.3 Å². The maximum absolute atomic E-state index is 5.89. The first-order chi connectivity index (χ1) is 14.1. The number of rotatable bonds is 5. The van der Waals surface area contributed by atoms with E-state index in [9.17, 15) is 0 Å². The molecule has 6 nitrogen and oxygen atoms in total. The summed E-state index contributed by atoms with van der Waals surface area (Å²) in [4.78, 5) is 8.48. The van der Waals surface area contributed by atoms with Crippen LogP contribution in [0.5, 0.6) is 11.5 Å². The van der Waals surface area contributed by atoms with Crippen molar-refractivity contribution in [2.75, 3.05) is 0 Å². The van der Waals surface area contributed by atoms with Crippen LogP contribution < -0.4 is 4.74 Å². The highest BCUT2D eigenvalue weighted by Crippen LogP contribution is 2.53. The Labute approximate surface area is 168 Å². The second kappa shape index (κ2) is 6.81. The summed E-state index contributed by atoms with van der Waals surface area (Å²) < 4.78 is 11.2. The molecule has 6 heteroatoms. The lowest BCUT2D eigenvalue weighted by Gasteiger charge is -2.17. The molecule has 1 aliphatic carbocycles. The third kappa shape index (κ3) is 3.38. The van der Waals surface area contributed by atoms with E-state index in [1.165, 1.54) is 29.5 Å². The van der Waals surface area contributed by atoms with Crippen molar-refractivity contribution in [1.29, 1.82) is 0 Å². The molecule has 1 aliphatic rings. The standard InChI is InChI=1S/C23H20N4O2/c1-15-3-5-17(6-4-15)23(11-12-23)18-7-9-19(10-8-18)29-20-13-24-21(25-14-20)22-27-26-16(2)28-22/h3-10,13-14H,11-12H2,1-2H3. The molecule has 1 fully saturated rings. The van der Waals surface area contributed by atoms with Gasteiger partial charge in [-0.2, -0.15) is 0 Å². The molecule has 0 aliphatic heterocycles. The molecule has 0 saturated heterocycles. The van der Waals surface area contributed by atoms with Crippen LogP contribution in [-0.2, 0) is 5.41 Å². The predicted octanol–water partition coefficient (Wildman–Crippen LogP) is 5.02. The van der Waals surface area contributed by atoms with E-state index in [-0.39, 0.29) is 5.41 Å². The molecule has 0 amide bonds. The molecule has 2 heterocycles. The fourth-order valence-electron chi connectivity index (χ4n) is 3.59. The number of benzene rings is 2. The molecule has 0 N–H and O–H groups in total. The van der Waals surface area contributed by atoms with Crippen LogP contribution in [0.25, 0.3) is 11.7 Å². The van der Waals surface area contributed by atoms with Crippen LogP contribution in [0.4, 0.5) is 0 Å². The minimum absolute atomic E-state index is 0.152. The molecular formula is C23H20N4O2. The summed E-state index contributed by atoms with van der Waals surface area (Å²) in [6, 6.07) is 17.2. The Morgan fingerprint density at radius 2 is 1.41 bits per heavy atom. The van der Waals surface area contributed by atoms with E-state index < -0.39 is 0 Å². The number of aryl methyl sites for hydroxylation is 2. The SMILES string of the molecule is Cc1ccc(C2(c3ccc(Oc4cnc(-c5nnc(C)o5)nc4)cc3)CC2)cc1. The van der Waals surface area contributed by atoms with Gasteiger partial charge in [-0.1, -0.05) is 42.0 Å². The van der Waals surface area contributed by atoms with Gasteiger partial charge in [-0.3, -0.25) is 0 Å². The highest BCUT2D eigenvalue weighted by Gasteiger charge is 2.45. The van der Waals surface area contributed by atoms with Crippen molar-refractivity contribution in [3.8, 4) is 23.2 Å². The monoisotopic (exact) mass is 384 g/mol. The van der Waals surface area contributed by atoms with Gasteiger partial charge in [0.05, 0.1) is 12.4 Å². The van der Waals surface area contributed by atoms with Crippen molar-refractivity contribution in [3.05, 3.63) is 83.5 Å². The van der Waals surface area contributed by atoms with Gasteiger partial charge in [-0.05, 0) is 43.0 Å². The molecular weight excluding hydrogens is 364 g/mol. The van der Waals surface area contributed by atoms with Crippen LogP contribution >= 0.6 is 0 Å². The summed E-state index contributed by atoms with van der Waals surface area (Å²) >= 11 is 0. The highest BCUT2D eigenvalue weighted by molar-refractivity contribution is 5.47. The molecule has 0 atom stereocenters. The smallest absolute Gasteiger partial charge is 0.285 e. The molecule has 144 valence electrons. The minimum atomic E-state index is 0.152. The first kappa shape index (κ1) is 17.6. The molecule has 1 saturated carbocycles. The summed E-state index contributed by atoms with van der Waals surface area (Å²) in [7, 11) is 0. The lowest BCUT2D eigenvalue weighted by Crippen LogP contribution is -2.08. The van der Waals surface area contributed by atoms with Crippen LogP contribution in [0.1, 0.15) is 35.4 Å². The normalized spacial score (nSPS) is 14.6. The van der Waals surface area contributed by atoms with E-state index in [0.717, 1.165) is 5.75 Å². The first-order valence-electron chi connectivity index (χ1n) is 9.60. The van der Waals surface area contributed by atoms with Gasteiger partial charge in [0.1, 0.15) is 5.75 Å². The van der Waals surface area contributed by atoms with Crippen molar-refractivity contribution in [1.82, 2.24) is 20.2 Å². The number of hydrogen-bond donors (Lipinski definition) is 0. The van der Waals surface area contributed by atoms with Gasteiger partial charge in [-0.25, -0.2) is 9.97 Å². The maximum atomic E-state index is 5.89. The maximum Gasteiger partial charge on any atom is 0.285 e. The topological polar surface area (TPSA) is 73.9 Å². The summed E-state index contributed by atoms with van der Waals surface area (Å²) in [5, 5.41) is 7.70. The van der Waals surface area contributed by atoms with Crippen LogP contribution in [0.3, 0.4) is 0 Å². The van der Waals surface area contributed by atoms with Gasteiger partial charge in [0, 0.05) is 12.3 Å². The molecule has 2 aromatic carbocycles. The Hall–Kier alpha value is -3.54. The van der Waals surface area contributed by atoms with Gasteiger partial charge < -0.3 is 9.15 Å². The van der Waals surface area contributed by atoms with Crippen LogP contribution in [0.2, 0.25) is 0 Å². The van der Waals surface area contributed by atoms with E-state index in [4.69, 9.17) is 9.15 Å². The summed E-state index contributed by atoms with van der Waals surface area (Å²) in [5.74, 6) is 2.45. The van der Waals surface area contributed by atoms with E-state index in [1.807, 2.05) is 12.1 Å². The summed E-state index contributed by atoms with van der Waals surface area (Å²) in [6.45, 7) is 3.84. The Kier molecular flexibility index (Phi) is 4.12. The first-order valence-corrected chi connectivity index (χ1v) is 9.60. The van der Waals surface area contributed by atoms with Gasteiger partial charge in [-0.15, -0.1) is 10.2 Å². The average Bonchev–Trinajstić information content (AvgIpc) is 3.44. The average molecular weight is 384 g/mol.